The molecule has 5 nitrogen and oxygen atoms in total. The van der Waals surface area contributed by atoms with Gasteiger partial charge in [-0.15, -0.1) is 0 Å². The van der Waals surface area contributed by atoms with Crippen molar-refractivity contribution in [3.8, 4) is 0 Å². The molecule has 2 aromatic carbocycles. The van der Waals surface area contributed by atoms with Crippen LogP contribution in [0.5, 0.6) is 0 Å². The Balaban J connectivity index is 1.98. The summed E-state index contributed by atoms with van der Waals surface area (Å²) in [6, 6.07) is 11.4. The molecule has 0 spiro atoms. The van der Waals surface area contributed by atoms with E-state index in [0.717, 1.165) is 5.56 Å². The summed E-state index contributed by atoms with van der Waals surface area (Å²) in [6.07, 6.45) is 3.01. The Bertz CT molecular complexity index is 804. The smallest absolute Gasteiger partial charge is 0.316 e. The maximum absolute atomic E-state index is 12.1. The van der Waals surface area contributed by atoms with Gasteiger partial charge in [0.2, 0.25) is 5.91 Å². The molecule has 0 saturated heterocycles. The van der Waals surface area contributed by atoms with E-state index in [-0.39, 0.29) is 11.9 Å². The predicted molar refractivity (Wildman–Crippen MR) is 102 cm³/mol. The second-order valence-electron chi connectivity index (χ2n) is 5.32. The zero-order valence-electron chi connectivity index (χ0n) is 13.4. The lowest BCUT2D eigenvalue weighted by molar-refractivity contribution is -0.117. The van der Waals surface area contributed by atoms with Gasteiger partial charge in [-0.3, -0.25) is 4.79 Å². The van der Waals surface area contributed by atoms with Crippen LogP contribution in [0.1, 0.15) is 24.1 Å². The van der Waals surface area contributed by atoms with Gasteiger partial charge >= 0.3 is 6.03 Å². The van der Waals surface area contributed by atoms with Crippen molar-refractivity contribution in [3.63, 3.8) is 0 Å². The lowest BCUT2D eigenvalue weighted by Gasteiger charge is -2.13. The highest BCUT2D eigenvalue weighted by molar-refractivity contribution is 6.42. The van der Waals surface area contributed by atoms with E-state index >= 15 is 0 Å². The first-order chi connectivity index (χ1) is 11.9. The number of hydrogen-bond acceptors (Lipinski definition) is 2. The average molecular weight is 378 g/mol. The van der Waals surface area contributed by atoms with Crippen molar-refractivity contribution in [2.75, 3.05) is 5.32 Å². The number of carbonyl (C=O) groups excluding carboxylic acids is 2. The topological polar surface area (TPSA) is 84.2 Å². The van der Waals surface area contributed by atoms with Crippen LogP contribution in [0, 0.1) is 0 Å². The number of nitrogens with two attached hydrogens (primary N) is 1. The minimum Gasteiger partial charge on any atom is -0.351 e. The Hall–Kier alpha value is -2.50. The van der Waals surface area contributed by atoms with Gasteiger partial charge in [-0.05, 0) is 42.3 Å². The SMILES string of the molecule is CC(NC(=O)C=Cc1cccc(Cl)c1Cl)c1ccc(NC(N)=O)cc1. The van der Waals surface area contributed by atoms with E-state index in [1.807, 2.05) is 6.92 Å². The first kappa shape index (κ1) is 18.8. The highest BCUT2D eigenvalue weighted by Crippen LogP contribution is 2.26. The Morgan fingerprint density at radius 3 is 2.44 bits per heavy atom. The number of nitrogens with one attached hydrogen (secondary N) is 2. The van der Waals surface area contributed by atoms with Crippen molar-refractivity contribution in [1.82, 2.24) is 5.32 Å². The molecule has 0 bridgehead atoms. The van der Waals surface area contributed by atoms with E-state index in [1.54, 1.807) is 48.5 Å². The molecule has 0 aliphatic carbocycles. The third kappa shape index (κ3) is 5.52. The highest BCUT2D eigenvalue weighted by Gasteiger charge is 2.08. The van der Waals surface area contributed by atoms with Crippen molar-refractivity contribution in [2.24, 2.45) is 5.73 Å². The summed E-state index contributed by atoms with van der Waals surface area (Å²) in [4.78, 5) is 22.9. The number of amides is 3. The third-order valence-corrected chi connectivity index (χ3v) is 4.27. The molecule has 0 aromatic heterocycles. The Labute approximate surface area is 155 Å². The van der Waals surface area contributed by atoms with Crippen LogP contribution in [0.3, 0.4) is 0 Å². The minimum absolute atomic E-state index is 0.213. The molecule has 25 heavy (non-hydrogen) atoms. The van der Waals surface area contributed by atoms with Crippen LogP contribution in [0.4, 0.5) is 10.5 Å². The van der Waals surface area contributed by atoms with Gasteiger partial charge in [0.1, 0.15) is 0 Å². The largest absolute Gasteiger partial charge is 0.351 e. The van der Waals surface area contributed by atoms with Gasteiger partial charge in [0.25, 0.3) is 0 Å². The molecule has 1 atom stereocenters. The molecule has 3 amide bonds. The maximum Gasteiger partial charge on any atom is 0.316 e. The van der Waals surface area contributed by atoms with Crippen LogP contribution in [0.2, 0.25) is 10.0 Å². The normalized spacial score (nSPS) is 12.0. The summed E-state index contributed by atoms with van der Waals surface area (Å²) in [5.74, 6) is -0.261. The summed E-state index contributed by atoms with van der Waals surface area (Å²) in [5, 5.41) is 6.16. The quantitative estimate of drug-likeness (QED) is 0.675. The number of halogens is 2. The number of urea groups is 1. The average Bonchev–Trinajstić information content (AvgIpc) is 2.56. The van der Waals surface area contributed by atoms with Crippen molar-refractivity contribution in [3.05, 3.63) is 69.7 Å². The van der Waals surface area contributed by atoms with E-state index in [2.05, 4.69) is 10.6 Å². The zero-order valence-corrected chi connectivity index (χ0v) is 14.9. The minimum atomic E-state index is -0.626. The molecule has 7 heteroatoms. The number of primary amides is 1. The van der Waals surface area contributed by atoms with Crippen LogP contribution < -0.4 is 16.4 Å². The zero-order chi connectivity index (χ0) is 18.4. The highest BCUT2D eigenvalue weighted by atomic mass is 35.5. The van der Waals surface area contributed by atoms with Gasteiger partial charge in [-0.25, -0.2) is 4.79 Å². The van der Waals surface area contributed by atoms with Crippen molar-refractivity contribution in [1.29, 1.82) is 0 Å². The monoisotopic (exact) mass is 377 g/mol. The molecule has 2 rings (SSSR count). The summed E-state index contributed by atoms with van der Waals surface area (Å²) in [5.41, 5.74) is 7.20. The molecule has 0 fully saturated rings. The number of carbonyl (C=O) groups is 2. The Morgan fingerprint density at radius 2 is 1.80 bits per heavy atom. The van der Waals surface area contributed by atoms with Gasteiger partial charge in [-0.1, -0.05) is 47.5 Å². The van der Waals surface area contributed by atoms with Crippen molar-refractivity contribution < 1.29 is 9.59 Å². The lowest BCUT2D eigenvalue weighted by atomic mass is 10.1. The first-order valence-electron chi connectivity index (χ1n) is 7.46. The van der Waals surface area contributed by atoms with E-state index in [1.165, 1.54) is 6.08 Å². The summed E-state index contributed by atoms with van der Waals surface area (Å²) in [6.45, 7) is 1.86. The molecule has 0 heterocycles. The van der Waals surface area contributed by atoms with E-state index < -0.39 is 6.03 Å². The first-order valence-corrected chi connectivity index (χ1v) is 8.21. The van der Waals surface area contributed by atoms with Crippen molar-refractivity contribution >= 4 is 46.9 Å². The summed E-state index contributed by atoms with van der Waals surface area (Å²) < 4.78 is 0. The molecule has 2 aromatic rings. The van der Waals surface area contributed by atoms with Gasteiger partial charge in [0.05, 0.1) is 16.1 Å². The second-order valence-corrected chi connectivity index (χ2v) is 6.10. The molecule has 4 N–H and O–H groups in total. The second kappa shape index (κ2) is 8.55. The van der Waals surface area contributed by atoms with Crippen LogP contribution in [0.25, 0.3) is 6.08 Å². The molecule has 0 aliphatic rings. The van der Waals surface area contributed by atoms with Crippen LogP contribution in [-0.2, 0) is 4.79 Å². The molecule has 0 radical (unpaired) electrons. The number of benzene rings is 2. The lowest BCUT2D eigenvalue weighted by Crippen LogP contribution is -2.24. The predicted octanol–water partition coefficient (Wildman–Crippen LogP) is 4.37. The van der Waals surface area contributed by atoms with Crippen LogP contribution in [-0.4, -0.2) is 11.9 Å². The number of rotatable bonds is 5. The van der Waals surface area contributed by atoms with E-state index in [4.69, 9.17) is 28.9 Å². The Morgan fingerprint density at radius 1 is 1.12 bits per heavy atom. The summed E-state index contributed by atoms with van der Waals surface area (Å²) in [7, 11) is 0. The Kier molecular flexibility index (Phi) is 6.44. The van der Waals surface area contributed by atoms with Gasteiger partial charge in [0, 0.05) is 11.8 Å². The van der Waals surface area contributed by atoms with Gasteiger partial charge in [0.15, 0.2) is 0 Å². The molecular weight excluding hydrogens is 361 g/mol. The van der Waals surface area contributed by atoms with E-state index in [0.29, 0.717) is 21.3 Å². The fourth-order valence-corrected chi connectivity index (χ4v) is 2.53. The number of hydrogen-bond donors (Lipinski definition) is 3. The third-order valence-electron chi connectivity index (χ3n) is 3.43. The van der Waals surface area contributed by atoms with E-state index in [9.17, 15) is 9.59 Å². The van der Waals surface area contributed by atoms with Gasteiger partial charge in [-0.2, -0.15) is 0 Å². The van der Waals surface area contributed by atoms with Crippen LogP contribution in [0.15, 0.2) is 48.5 Å². The van der Waals surface area contributed by atoms with Crippen LogP contribution >= 0.6 is 23.2 Å². The molecule has 0 saturated carbocycles. The van der Waals surface area contributed by atoms with Gasteiger partial charge < -0.3 is 16.4 Å². The molecule has 1 unspecified atom stereocenters. The summed E-state index contributed by atoms with van der Waals surface area (Å²) >= 11 is 12.0. The standard InChI is InChI=1S/C18H17Cl2N3O2/c1-11(12-5-8-14(9-6-12)23-18(21)25)22-16(24)10-7-13-3-2-4-15(19)17(13)20/h2-11H,1H3,(H,22,24)(H3,21,23,25). The number of anilines is 1. The maximum atomic E-state index is 12.1. The molecule has 130 valence electrons. The fraction of sp³-hybridized carbons (Fsp3) is 0.111. The molecular formula is C18H17Cl2N3O2. The molecule has 0 aliphatic heterocycles. The fourth-order valence-electron chi connectivity index (χ4n) is 2.16. The van der Waals surface area contributed by atoms with Crippen molar-refractivity contribution in [2.45, 2.75) is 13.0 Å².